The van der Waals surface area contributed by atoms with Crippen LogP contribution in [0, 0.1) is 5.82 Å². The zero-order chi connectivity index (χ0) is 13.1. The monoisotopic (exact) mass is 262 g/mol. The minimum absolute atomic E-state index is 0.301. The highest BCUT2D eigenvalue weighted by Crippen LogP contribution is 2.30. The average Bonchev–Trinajstić information content (AvgIpc) is 2.38. The summed E-state index contributed by atoms with van der Waals surface area (Å²) in [7, 11) is 0. The zero-order valence-corrected chi connectivity index (χ0v) is 11.4. The van der Waals surface area contributed by atoms with Gasteiger partial charge in [-0.15, -0.1) is 0 Å². The number of hydrogen-bond acceptors (Lipinski definition) is 0. The van der Waals surface area contributed by atoms with Crippen LogP contribution in [0.4, 0.5) is 4.39 Å². The van der Waals surface area contributed by atoms with Crippen molar-refractivity contribution >= 4 is 11.6 Å². The van der Waals surface area contributed by atoms with Gasteiger partial charge in [0.25, 0.3) is 0 Å². The van der Waals surface area contributed by atoms with E-state index in [4.69, 9.17) is 11.6 Å². The van der Waals surface area contributed by atoms with Crippen LogP contribution in [0.1, 0.15) is 25.0 Å². The Bertz CT molecular complexity index is 561. The third kappa shape index (κ3) is 2.56. The van der Waals surface area contributed by atoms with E-state index in [9.17, 15) is 4.39 Å². The maximum atomic E-state index is 13.0. The molecule has 2 aromatic carbocycles. The Morgan fingerprint density at radius 2 is 1.67 bits per heavy atom. The van der Waals surface area contributed by atoms with Gasteiger partial charge in [0.15, 0.2) is 0 Å². The van der Waals surface area contributed by atoms with Gasteiger partial charge in [0, 0.05) is 5.56 Å². The van der Waals surface area contributed by atoms with Gasteiger partial charge in [0.05, 0.1) is 5.02 Å². The molecule has 0 aliphatic rings. The lowest BCUT2D eigenvalue weighted by Crippen LogP contribution is -1.92. The number of hydrogen-bond donors (Lipinski definition) is 0. The van der Waals surface area contributed by atoms with Crippen molar-refractivity contribution in [2.75, 3.05) is 0 Å². The van der Waals surface area contributed by atoms with E-state index in [0.29, 0.717) is 5.02 Å². The molecule has 0 aliphatic carbocycles. The predicted octanol–water partition coefficient (Wildman–Crippen LogP) is 5.27. The third-order valence-corrected chi connectivity index (χ3v) is 3.52. The first-order valence-electron chi connectivity index (χ1n) is 6.23. The van der Waals surface area contributed by atoms with Crippen LogP contribution in [0.3, 0.4) is 0 Å². The molecular weight excluding hydrogens is 247 g/mol. The molecule has 2 heteroatoms. The summed E-state index contributed by atoms with van der Waals surface area (Å²) in [4.78, 5) is 0. The van der Waals surface area contributed by atoms with E-state index in [1.165, 1.54) is 23.3 Å². The molecule has 0 aromatic heterocycles. The molecule has 2 aromatic rings. The molecule has 0 unspecified atom stereocenters. The Balaban J connectivity index is 2.51. The van der Waals surface area contributed by atoms with Crippen molar-refractivity contribution in [3.05, 3.63) is 58.4 Å². The number of aryl methyl sites for hydroxylation is 2. The summed E-state index contributed by atoms with van der Waals surface area (Å²) >= 11 is 6.09. The van der Waals surface area contributed by atoms with Crippen LogP contribution >= 0.6 is 11.6 Å². The fourth-order valence-electron chi connectivity index (χ4n) is 2.19. The predicted molar refractivity (Wildman–Crippen MR) is 75.6 cm³/mol. The molecule has 0 saturated heterocycles. The molecule has 0 bridgehead atoms. The van der Waals surface area contributed by atoms with Crippen molar-refractivity contribution in [2.24, 2.45) is 0 Å². The summed E-state index contributed by atoms with van der Waals surface area (Å²) in [5, 5.41) is 0.460. The molecule has 0 N–H and O–H groups in total. The Labute approximate surface area is 112 Å². The summed E-state index contributed by atoms with van der Waals surface area (Å²) in [5.74, 6) is -0.301. The molecule has 0 saturated carbocycles. The van der Waals surface area contributed by atoms with Crippen molar-refractivity contribution < 1.29 is 4.39 Å². The highest BCUT2D eigenvalue weighted by atomic mass is 35.5. The van der Waals surface area contributed by atoms with E-state index < -0.39 is 0 Å². The number of halogens is 2. The molecule has 0 amide bonds. The standard InChI is InChI=1S/C16H16ClF/c1-3-11-5-6-13(9-12(11)4-2)15-8-7-14(18)10-16(15)17/h5-10H,3-4H2,1-2H3. The molecule has 94 valence electrons. The van der Waals surface area contributed by atoms with Crippen LogP contribution in [0.2, 0.25) is 5.02 Å². The quantitative estimate of drug-likeness (QED) is 0.707. The van der Waals surface area contributed by atoms with Crippen LogP contribution in [-0.2, 0) is 12.8 Å². The summed E-state index contributed by atoms with van der Waals surface area (Å²) in [6.07, 6.45) is 2.02. The van der Waals surface area contributed by atoms with E-state index in [0.717, 1.165) is 24.0 Å². The fraction of sp³-hybridized carbons (Fsp3) is 0.250. The lowest BCUT2D eigenvalue weighted by atomic mass is 9.96. The van der Waals surface area contributed by atoms with Crippen LogP contribution in [0.5, 0.6) is 0 Å². The molecule has 0 atom stereocenters. The summed E-state index contributed by atoms with van der Waals surface area (Å²) in [6.45, 7) is 4.30. The van der Waals surface area contributed by atoms with Gasteiger partial charge < -0.3 is 0 Å². The lowest BCUT2D eigenvalue weighted by Gasteiger charge is -2.10. The molecule has 0 aliphatic heterocycles. The first-order chi connectivity index (χ1) is 8.65. The highest BCUT2D eigenvalue weighted by molar-refractivity contribution is 6.33. The van der Waals surface area contributed by atoms with Gasteiger partial charge >= 0.3 is 0 Å². The van der Waals surface area contributed by atoms with Crippen LogP contribution in [0.15, 0.2) is 36.4 Å². The first-order valence-corrected chi connectivity index (χ1v) is 6.60. The van der Waals surface area contributed by atoms with Crippen LogP contribution < -0.4 is 0 Å². The number of rotatable bonds is 3. The van der Waals surface area contributed by atoms with Gasteiger partial charge in [-0.2, -0.15) is 0 Å². The number of benzene rings is 2. The van der Waals surface area contributed by atoms with Crippen LogP contribution in [-0.4, -0.2) is 0 Å². The van der Waals surface area contributed by atoms with Crippen molar-refractivity contribution in [2.45, 2.75) is 26.7 Å². The summed E-state index contributed by atoms with van der Waals surface area (Å²) in [5.41, 5.74) is 4.62. The second kappa shape index (κ2) is 5.53. The Kier molecular flexibility index (Phi) is 4.03. The van der Waals surface area contributed by atoms with E-state index in [-0.39, 0.29) is 5.82 Å². The molecule has 0 nitrogen and oxygen atoms in total. The maximum absolute atomic E-state index is 13.0. The van der Waals surface area contributed by atoms with Crippen LogP contribution in [0.25, 0.3) is 11.1 Å². The van der Waals surface area contributed by atoms with E-state index in [1.54, 1.807) is 6.07 Å². The normalized spacial score (nSPS) is 10.7. The minimum Gasteiger partial charge on any atom is -0.207 e. The van der Waals surface area contributed by atoms with E-state index >= 15 is 0 Å². The summed E-state index contributed by atoms with van der Waals surface area (Å²) < 4.78 is 13.0. The van der Waals surface area contributed by atoms with Gasteiger partial charge in [-0.25, -0.2) is 4.39 Å². The van der Waals surface area contributed by atoms with Gasteiger partial charge in [-0.1, -0.05) is 43.6 Å². The topological polar surface area (TPSA) is 0 Å². The molecule has 0 fully saturated rings. The first kappa shape index (κ1) is 13.1. The largest absolute Gasteiger partial charge is 0.207 e. The molecule has 0 radical (unpaired) electrons. The van der Waals surface area contributed by atoms with Gasteiger partial charge in [0.2, 0.25) is 0 Å². The smallest absolute Gasteiger partial charge is 0.124 e. The Hall–Kier alpha value is -1.34. The molecule has 0 heterocycles. The minimum atomic E-state index is -0.301. The second-order valence-corrected chi connectivity index (χ2v) is 4.72. The molecular formula is C16H16ClF. The lowest BCUT2D eigenvalue weighted by molar-refractivity contribution is 0.628. The Morgan fingerprint density at radius 1 is 0.944 bits per heavy atom. The summed E-state index contributed by atoms with van der Waals surface area (Å²) in [6, 6.07) is 10.9. The zero-order valence-electron chi connectivity index (χ0n) is 10.6. The van der Waals surface area contributed by atoms with Crippen molar-refractivity contribution in [3.63, 3.8) is 0 Å². The average molecular weight is 263 g/mol. The molecule has 0 spiro atoms. The van der Waals surface area contributed by atoms with Crippen molar-refractivity contribution in [1.29, 1.82) is 0 Å². The maximum Gasteiger partial charge on any atom is 0.124 e. The Morgan fingerprint density at radius 3 is 2.28 bits per heavy atom. The van der Waals surface area contributed by atoms with Crippen molar-refractivity contribution in [3.8, 4) is 11.1 Å². The highest BCUT2D eigenvalue weighted by Gasteiger charge is 2.07. The SMILES string of the molecule is CCc1ccc(-c2ccc(F)cc2Cl)cc1CC. The van der Waals surface area contributed by atoms with Crippen molar-refractivity contribution in [1.82, 2.24) is 0 Å². The third-order valence-electron chi connectivity index (χ3n) is 3.21. The van der Waals surface area contributed by atoms with Gasteiger partial charge in [-0.3, -0.25) is 0 Å². The van der Waals surface area contributed by atoms with Gasteiger partial charge in [-0.05, 0) is 47.7 Å². The van der Waals surface area contributed by atoms with E-state index in [1.807, 2.05) is 0 Å². The fourth-order valence-corrected chi connectivity index (χ4v) is 2.47. The molecule has 18 heavy (non-hydrogen) atoms. The van der Waals surface area contributed by atoms with Gasteiger partial charge in [0.1, 0.15) is 5.82 Å². The van der Waals surface area contributed by atoms with E-state index in [2.05, 4.69) is 32.0 Å². The second-order valence-electron chi connectivity index (χ2n) is 4.31. The molecule has 2 rings (SSSR count).